The molecule has 0 aromatic heterocycles. The summed E-state index contributed by atoms with van der Waals surface area (Å²) < 4.78 is 6.56. The molecule has 0 amide bonds. The van der Waals surface area contributed by atoms with E-state index in [1.807, 2.05) is 14.1 Å². The Morgan fingerprint density at radius 1 is 0.791 bits per heavy atom. The van der Waals surface area contributed by atoms with Gasteiger partial charge in [0.25, 0.3) is 0 Å². The second-order valence-corrected chi connectivity index (χ2v) is 15.2. The fraction of sp³-hybridized carbons (Fsp3) is 1.00. The molecule has 0 radical (unpaired) electrons. The zero-order chi connectivity index (χ0) is 31.5. The molecule has 1 heterocycles. The fourth-order valence-electron chi connectivity index (χ4n) is 9.99. The highest BCUT2D eigenvalue weighted by Gasteiger charge is 2.67. The molecule has 5 aliphatic rings. The molecule has 0 spiro atoms. The molecule has 12 nitrogen and oxygen atoms in total. The zero-order valence-corrected chi connectivity index (χ0v) is 26.4. The van der Waals surface area contributed by atoms with Crippen LogP contribution in [0.1, 0.15) is 38.5 Å². The molecular weight excluding hydrogens is 558 g/mol. The molecular formula is C31H57N3O9. The molecule has 1 saturated heterocycles. The normalized spacial score (nSPS) is 50.3. The van der Waals surface area contributed by atoms with Crippen molar-refractivity contribution in [2.75, 3.05) is 54.9 Å². The van der Waals surface area contributed by atoms with Crippen LogP contribution in [-0.2, 0) is 4.74 Å². The predicted octanol–water partition coefficient (Wildman–Crippen LogP) is -2.27. The lowest BCUT2D eigenvalue weighted by molar-refractivity contribution is -0.307. The van der Waals surface area contributed by atoms with Gasteiger partial charge >= 0.3 is 0 Å². The molecule has 4 saturated carbocycles. The third kappa shape index (κ3) is 6.05. The maximum Gasteiger partial charge on any atom is 0.159 e. The first-order chi connectivity index (χ1) is 20.2. The van der Waals surface area contributed by atoms with Crippen LogP contribution in [0, 0.1) is 41.4 Å². The molecule has 4 aliphatic carbocycles. The van der Waals surface area contributed by atoms with Crippen molar-refractivity contribution < 1.29 is 45.6 Å². The van der Waals surface area contributed by atoms with E-state index in [9.17, 15) is 40.9 Å². The minimum absolute atomic E-state index is 0.00659. The van der Waals surface area contributed by atoms with Gasteiger partial charge in [-0.2, -0.15) is 0 Å². The molecule has 250 valence electrons. The van der Waals surface area contributed by atoms with Crippen molar-refractivity contribution in [3.05, 3.63) is 0 Å². The average Bonchev–Trinajstić information content (AvgIpc) is 3.37. The second-order valence-electron chi connectivity index (χ2n) is 15.2. The van der Waals surface area contributed by atoms with Gasteiger partial charge < -0.3 is 60.3 Å². The minimum atomic E-state index is -2.12. The zero-order valence-electron chi connectivity index (χ0n) is 26.4. The van der Waals surface area contributed by atoms with Gasteiger partial charge in [-0.15, -0.1) is 0 Å². The van der Waals surface area contributed by atoms with Crippen LogP contribution in [0.15, 0.2) is 0 Å². The van der Waals surface area contributed by atoms with Crippen molar-refractivity contribution in [3.63, 3.8) is 0 Å². The first kappa shape index (κ1) is 33.9. The topological polar surface area (TPSA) is 181 Å². The second kappa shape index (κ2) is 13.0. The molecule has 5 rings (SSSR count). The summed E-state index contributed by atoms with van der Waals surface area (Å²) in [5.74, 6) is -3.93. The Labute approximate surface area is 255 Å². The number of likely N-dealkylation sites (N-methyl/N-ethyl adjacent to an activating group) is 2. The van der Waals surface area contributed by atoms with Gasteiger partial charge in [-0.3, -0.25) is 0 Å². The van der Waals surface area contributed by atoms with Crippen LogP contribution in [0.3, 0.4) is 0 Å². The quantitative estimate of drug-likeness (QED) is 0.138. The maximum absolute atomic E-state index is 12.0. The summed E-state index contributed by atoms with van der Waals surface area (Å²) in [4.78, 5) is 6.59. The first-order valence-corrected chi connectivity index (χ1v) is 16.3. The van der Waals surface area contributed by atoms with Gasteiger partial charge in [0.15, 0.2) is 6.29 Å². The Hall–Kier alpha value is -0.480. The van der Waals surface area contributed by atoms with E-state index in [0.29, 0.717) is 12.8 Å². The number of rotatable bonds is 8. The Morgan fingerprint density at radius 3 is 2.12 bits per heavy atom. The van der Waals surface area contributed by atoms with Crippen molar-refractivity contribution >= 4 is 0 Å². The number of fused-ring (bicyclic) bond motifs is 3. The summed E-state index contributed by atoms with van der Waals surface area (Å²) in [6.45, 7) is 2.71. The molecule has 43 heavy (non-hydrogen) atoms. The summed E-state index contributed by atoms with van der Waals surface area (Å²) in [7, 11) is 10.3. The maximum atomic E-state index is 12.0. The van der Waals surface area contributed by atoms with Crippen LogP contribution in [0.4, 0.5) is 0 Å². The summed E-state index contributed by atoms with van der Waals surface area (Å²) >= 11 is 0. The van der Waals surface area contributed by atoms with Gasteiger partial charge in [0.2, 0.25) is 0 Å². The molecule has 0 aromatic rings. The molecule has 12 heteroatoms. The lowest BCUT2D eigenvalue weighted by Crippen LogP contribution is -2.74. The van der Waals surface area contributed by atoms with E-state index in [-0.39, 0.29) is 42.4 Å². The SMILES string of the molecule is CN(C)CCN(C)CC1CCC(C2CC(N(C)C)C3CC4CC5CC(O)C(C(O)O)C(O)C5(O)C(O)C4C(O)C3C2O)O1. The largest absolute Gasteiger partial charge is 0.393 e. The van der Waals surface area contributed by atoms with Crippen LogP contribution < -0.4 is 0 Å². The summed E-state index contributed by atoms with van der Waals surface area (Å²) in [5.41, 5.74) is -2.12. The molecule has 0 bridgehead atoms. The molecule has 8 N–H and O–H groups in total. The monoisotopic (exact) mass is 615 g/mol. The van der Waals surface area contributed by atoms with E-state index in [0.717, 1.165) is 38.9 Å². The van der Waals surface area contributed by atoms with E-state index in [4.69, 9.17) is 4.74 Å². The van der Waals surface area contributed by atoms with Crippen LogP contribution in [-0.4, -0.2) is 171 Å². The van der Waals surface area contributed by atoms with Crippen LogP contribution in [0.2, 0.25) is 0 Å². The predicted molar refractivity (Wildman–Crippen MR) is 158 cm³/mol. The van der Waals surface area contributed by atoms with Crippen molar-refractivity contribution in [2.45, 2.75) is 99.2 Å². The molecule has 16 unspecified atom stereocenters. The van der Waals surface area contributed by atoms with E-state index in [1.165, 1.54) is 0 Å². The number of hydrogen-bond donors (Lipinski definition) is 8. The lowest BCUT2D eigenvalue weighted by Gasteiger charge is -2.63. The Morgan fingerprint density at radius 2 is 1.49 bits per heavy atom. The van der Waals surface area contributed by atoms with Crippen molar-refractivity contribution in [2.24, 2.45) is 41.4 Å². The van der Waals surface area contributed by atoms with Gasteiger partial charge in [0.1, 0.15) is 5.60 Å². The fourth-order valence-corrected chi connectivity index (χ4v) is 9.99. The van der Waals surface area contributed by atoms with Crippen LogP contribution >= 0.6 is 0 Å². The van der Waals surface area contributed by atoms with E-state index >= 15 is 0 Å². The molecule has 1 aliphatic heterocycles. The highest BCUT2D eigenvalue weighted by molar-refractivity contribution is 5.17. The third-order valence-corrected chi connectivity index (χ3v) is 12.2. The van der Waals surface area contributed by atoms with E-state index in [2.05, 4.69) is 35.8 Å². The van der Waals surface area contributed by atoms with Gasteiger partial charge in [-0.05, 0) is 91.5 Å². The van der Waals surface area contributed by atoms with Gasteiger partial charge in [0.05, 0.1) is 48.6 Å². The smallest absolute Gasteiger partial charge is 0.159 e. The van der Waals surface area contributed by atoms with E-state index < -0.39 is 66.1 Å². The lowest BCUT2D eigenvalue weighted by atomic mass is 9.47. The minimum Gasteiger partial charge on any atom is -0.393 e. The Bertz CT molecular complexity index is 944. The number of aliphatic hydroxyl groups is 8. The highest BCUT2D eigenvalue weighted by Crippen LogP contribution is 2.58. The number of ether oxygens (including phenoxy) is 1. The van der Waals surface area contributed by atoms with Gasteiger partial charge in [-0.1, -0.05) is 0 Å². The van der Waals surface area contributed by atoms with E-state index in [1.54, 1.807) is 0 Å². The van der Waals surface area contributed by atoms with Crippen LogP contribution in [0.5, 0.6) is 0 Å². The summed E-state index contributed by atoms with van der Waals surface area (Å²) in [6, 6.07) is 0.0776. The Balaban J connectivity index is 1.35. The first-order valence-electron chi connectivity index (χ1n) is 16.3. The standard InChI is InChI=1S/C31H57N3O9/c1-32(2)8-9-34(5)14-17-6-7-22(43-17)19-13-20(33(3)4)18-11-15-10-16-12-21(35)25(30(40)41)29(39)31(16,42)28(38)23(15)27(37)24(18)26(19)36/h15-30,35-42H,6-14H2,1-5H3. The number of hydrogen-bond acceptors (Lipinski definition) is 12. The molecule has 5 fully saturated rings. The van der Waals surface area contributed by atoms with Crippen molar-refractivity contribution in [3.8, 4) is 0 Å². The van der Waals surface area contributed by atoms with Gasteiger partial charge in [0, 0.05) is 43.4 Å². The van der Waals surface area contributed by atoms with Gasteiger partial charge in [-0.25, -0.2) is 0 Å². The molecule has 16 atom stereocenters. The summed E-state index contributed by atoms with van der Waals surface area (Å²) in [6.07, 6.45) is -5.28. The number of aliphatic hydroxyl groups excluding tert-OH is 6. The van der Waals surface area contributed by atoms with Crippen molar-refractivity contribution in [1.29, 1.82) is 0 Å². The molecule has 0 aromatic carbocycles. The highest BCUT2D eigenvalue weighted by atomic mass is 16.5. The third-order valence-electron chi connectivity index (χ3n) is 12.2. The average molecular weight is 616 g/mol. The Kier molecular flexibility index (Phi) is 10.2. The summed E-state index contributed by atoms with van der Waals surface area (Å²) in [5, 5.41) is 88.7. The number of nitrogens with zero attached hydrogens (tertiary/aromatic N) is 3. The van der Waals surface area contributed by atoms with Crippen molar-refractivity contribution in [1.82, 2.24) is 14.7 Å². The van der Waals surface area contributed by atoms with Crippen LogP contribution in [0.25, 0.3) is 0 Å².